The number of ether oxygens (including phenoxy) is 1. The Morgan fingerprint density at radius 1 is 1.34 bits per heavy atom. The van der Waals surface area contributed by atoms with Crippen molar-refractivity contribution in [2.24, 2.45) is 17.8 Å². The van der Waals surface area contributed by atoms with Gasteiger partial charge in [0, 0.05) is 22.1 Å². The molecular weight excluding hydrogens is 406 g/mol. The highest BCUT2D eigenvalue weighted by Gasteiger charge is 2.46. The number of aromatic carboxylic acids is 1. The lowest BCUT2D eigenvalue weighted by molar-refractivity contribution is 0.0689. The van der Waals surface area contributed by atoms with Gasteiger partial charge in [-0.2, -0.15) is 0 Å². The molecule has 29 heavy (non-hydrogen) atoms. The van der Waals surface area contributed by atoms with Crippen LogP contribution >= 0.6 is 23.1 Å². The minimum atomic E-state index is -0.963. The Morgan fingerprint density at radius 2 is 2.17 bits per heavy atom. The highest BCUT2D eigenvalue weighted by molar-refractivity contribution is 7.98. The number of carboxylic acids is 1. The molecule has 0 radical (unpaired) electrons. The van der Waals surface area contributed by atoms with Crippen LogP contribution in [0.1, 0.15) is 52.7 Å². The monoisotopic (exact) mass is 433 g/mol. The Hall–Kier alpha value is -1.57. The molecule has 5 nitrogen and oxygen atoms in total. The van der Waals surface area contributed by atoms with Crippen molar-refractivity contribution in [1.29, 1.82) is 0 Å². The van der Waals surface area contributed by atoms with Crippen molar-refractivity contribution in [2.75, 3.05) is 12.9 Å². The lowest BCUT2D eigenvalue weighted by Gasteiger charge is -2.33. The summed E-state index contributed by atoms with van der Waals surface area (Å²) in [6, 6.07) is 6.17. The van der Waals surface area contributed by atoms with E-state index in [-0.39, 0.29) is 17.7 Å². The van der Waals surface area contributed by atoms with E-state index in [0.717, 1.165) is 36.4 Å². The molecule has 0 saturated heterocycles. The summed E-state index contributed by atoms with van der Waals surface area (Å²) in [5, 5.41) is 22.4. The van der Waals surface area contributed by atoms with Gasteiger partial charge < -0.3 is 14.9 Å². The molecule has 156 valence electrons. The zero-order valence-electron chi connectivity index (χ0n) is 16.7. The highest BCUT2D eigenvalue weighted by Crippen LogP contribution is 2.50. The standard InChI is InChI=1S/C22H27NO4S2/c1-12-3-5-15(9-20(12)28-2)27-10-17-16-6-4-13(7-14(16)8-19(17)24)21-23-18(11-29-21)22(25)26/h3,5,9,11,13-14,16-17,19,24H,4,6-8,10H2,1-2H3,(H,25,26)/t13-,14-,16-,17+,19-/m0/s1. The van der Waals surface area contributed by atoms with Crippen LogP contribution in [-0.4, -0.2) is 40.1 Å². The van der Waals surface area contributed by atoms with Gasteiger partial charge in [-0.3, -0.25) is 0 Å². The lowest BCUT2D eigenvalue weighted by atomic mass is 9.73. The van der Waals surface area contributed by atoms with Crippen molar-refractivity contribution in [3.05, 3.63) is 39.8 Å². The van der Waals surface area contributed by atoms with E-state index in [1.165, 1.54) is 21.8 Å². The molecule has 0 amide bonds. The summed E-state index contributed by atoms with van der Waals surface area (Å²) in [6.07, 6.45) is 5.55. The fourth-order valence-corrected chi connectivity index (χ4v) is 6.57. The molecule has 2 saturated carbocycles. The van der Waals surface area contributed by atoms with Gasteiger partial charge >= 0.3 is 5.97 Å². The fraction of sp³-hybridized carbons (Fsp3) is 0.545. The maximum Gasteiger partial charge on any atom is 0.355 e. The number of benzene rings is 1. The number of fused-ring (bicyclic) bond motifs is 1. The van der Waals surface area contributed by atoms with Crippen molar-refractivity contribution in [3.8, 4) is 5.75 Å². The second-order valence-electron chi connectivity index (χ2n) is 8.22. The zero-order valence-corrected chi connectivity index (χ0v) is 18.3. The van der Waals surface area contributed by atoms with Gasteiger partial charge in [-0.1, -0.05) is 6.07 Å². The van der Waals surface area contributed by atoms with E-state index in [1.807, 2.05) is 6.07 Å². The Bertz CT molecular complexity index is 883. The number of aromatic nitrogens is 1. The van der Waals surface area contributed by atoms with E-state index in [4.69, 9.17) is 9.84 Å². The number of carboxylic acid groups (broad SMARTS) is 1. The van der Waals surface area contributed by atoms with Crippen molar-refractivity contribution in [3.63, 3.8) is 0 Å². The van der Waals surface area contributed by atoms with E-state index >= 15 is 0 Å². The molecule has 0 unspecified atom stereocenters. The Labute approximate surface area is 179 Å². The van der Waals surface area contributed by atoms with Crippen LogP contribution in [0.3, 0.4) is 0 Å². The molecule has 4 rings (SSSR count). The summed E-state index contributed by atoms with van der Waals surface area (Å²) in [5.74, 6) is 1.29. The van der Waals surface area contributed by atoms with Crippen LogP contribution in [0.25, 0.3) is 0 Å². The number of thioether (sulfide) groups is 1. The summed E-state index contributed by atoms with van der Waals surface area (Å²) in [4.78, 5) is 16.6. The Balaban J connectivity index is 1.39. The lowest BCUT2D eigenvalue weighted by Crippen LogP contribution is -2.29. The number of aryl methyl sites for hydroxylation is 1. The molecule has 2 aromatic rings. The first-order valence-electron chi connectivity index (χ1n) is 10.1. The van der Waals surface area contributed by atoms with Crippen molar-refractivity contribution >= 4 is 29.1 Å². The van der Waals surface area contributed by atoms with E-state index < -0.39 is 5.97 Å². The van der Waals surface area contributed by atoms with E-state index in [2.05, 4.69) is 30.3 Å². The van der Waals surface area contributed by atoms with E-state index in [0.29, 0.717) is 24.4 Å². The summed E-state index contributed by atoms with van der Waals surface area (Å²) in [5.41, 5.74) is 1.39. The van der Waals surface area contributed by atoms with Crippen molar-refractivity contribution in [2.45, 2.75) is 49.5 Å². The summed E-state index contributed by atoms with van der Waals surface area (Å²) in [7, 11) is 0. The average molecular weight is 434 g/mol. The van der Waals surface area contributed by atoms with Gasteiger partial charge in [0.1, 0.15) is 5.75 Å². The van der Waals surface area contributed by atoms with Gasteiger partial charge in [0.15, 0.2) is 5.69 Å². The quantitative estimate of drug-likeness (QED) is 0.635. The molecule has 1 aromatic heterocycles. The normalized spacial score (nSPS) is 28.9. The smallest absolute Gasteiger partial charge is 0.355 e. The van der Waals surface area contributed by atoms with Gasteiger partial charge in [-0.25, -0.2) is 9.78 Å². The molecule has 7 heteroatoms. The van der Waals surface area contributed by atoms with Crippen molar-refractivity contribution < 1.29 is 19.7 Å². The van der Waals surface area contributed by atoms with Gasteiger partial charge in [0.25, 0.3) is 0 Å². The number of aliphatic hydroxyl groups excluding tert-OH is 1. The largest absolute Gasteiger partial charge is 0.493 e. The van der Waals surface area contributed by atoms with Gasteiger partial charge in [0.2, 0.25) is 0 Å². The summed E-state index contributed by atoms with van der Waals surface area (Å²) < 4.78 is 6.10. The molecule has 2 fully saturated rings. The summed E-state index contributed by atoms with van der Waals surface area (Å²) in [6.45, 7) is 2.64. The maximum absolute atomic E-state index is 11.1. The van der Waals surface area contributed by atoms with Crippen LogP contribution in [-0.2, 0) is 0 Å². The first-order valence-corrected chi connectivity index (χ1v) is 12.2. The third kappa shape index (κ3) is 4.32. The first-order chi connectivity index (χ1) is 14.0. The molecule has 0 bridgehead atoms. The second-order valence-corrected chi connectivity index (χ2v) is 9.96. The molecular formula is C22H27NO4S2. The van der Waals surface area contributed by atoms with Crippen LogP contribution in [0.4, 0.5) is 0 Å². The molecule has 1 aromatic carbocycles. The fourth-order valence-electron chi connectivity index (χ4n) is 5.01. The van der Waals surface area contributed by atoms with E-state index in [9.17, 15) is 9.90 Å². The average Bonchev–Trinajstić information content (AvgIpc) is 3.31. The number of thiazole rings is 1. The molecule has 2 aliphatic rings. The predicted octanol–water partition coefficient (Wildman–Crippen LogP) is 4.83. The third-order valence-electron chi connectivity index (χ3n) is 6.54. The molecule has 0 aliphatic heterocycles. The minimum absolute atomic E-state index is 0.146. The minimum Gasteiger partial charge on any atom is -0.493 e. The van der Waals surface area contributed by atoms with Crippen LogP contribution < -0.4 is 4.74 Å². The number of carbonyl (C=O) groups is 1. The number of hydrogen-bond donors (Lipinski definition) is 2. The van der Waals surface area contributed by atoms with Gasteiger partial charge in [-0.05, 0) is 68.4 Å². The second kappa shape index (κ2) is 8.66. The SMILES string of the molecule is CSc1cc(OC[C@@H]2[C@H]3CC[C@H](c4nc(C(=O)O)cs4)C[C@H]3C[C@@H]2O)ccc1C. The van der Waals surface area contributed by atoms with Gasteiger partial charge in [-0.15, -0.1) is 23.1 Å². The number of aliphatic hydroxyl groups is 1. The van der Waals surface area contributed by atoms with Crippen LogP contribution in [0.2, 0.25) is 0 Å². The third-order valence-corrected chi connectivity index (χ3v) is 8.43. The Morgan fingerprint density at radius 3 is 2.90 bits per heavy atom. The predicted molar refractivity (Wildman–Crippen MR) is 115 cm³/mol. The van der Waals surface area contributed by atoms with Crippen LogP contribution in [0.15, 0.2) is 28.5 Å². The van der Waals surface area contributed by atoms with Gasteiger partial charge in [0.05, 0.1) is 17.7 Å². The number of rotatable bonds is 6. The number of nitrogens with zero attached hydrogens (tertiary/aromatic N) is 1. The topological polar surface area (TPSA) is 79.7 Å². The van der Waals surface area contributed by atoms with Crippen LogP contribution in [0.5, 0.6) is 5.75 Å². The van der Waals surface area contributed by atoms with E-state index in [1.54, 1.807) is 17.1 Å². The molecule has 1 heterocycles. The summed E-state index contributed by atoms with van der Waals surface area (Å²) >= 11 is 3.17. The zero-order chi connectivity index (χ0) is 20.5. The molecule has 5 atom stereocenters. The molecule has 0 spiro atoms. The molecule has 2 N–H and O–H groups in total. The number of hydrogen-bond acceptors (Lipinski definition) is 6. The van der Waals surface area contributed by atoms with Crippen LogP contribution in [0, 0.1) is 24.7 Å². The Kier molecular flexibility index (Phi) is 6.18. The maximum atomic E-state index is 11.1. The van der Waals surface area contributed by atoms with Crippen molar-refractivity contribution in [1.82, 2.24) is 4.98 Å². The first kappa shape index (κ1) is 20.7. The highest BCUT2D eigenvalue weighted by atomic mass is 32.2. The molecule has 2 aliphatic carbocycles.